The molecule has 7 rings (SSSR count). The predicted molar refractivity (Wildman–Crippen MR) is 280 cm³/mol. The lowest BCUT2D eigenvalue weighted by Crippen LogP contribution is -2.29. The third kappa shape index (κ3) is 12.4. The van der Waals surface area contributed by atoms with Gasteiger partial charge in [-0.25, -0.2) is 22.1 Å². The lowest BCUT2D eigenvalue weighted by molar-refractivity contribution is -0.116. The van der Waals surface area contributed by atoms with Gasteiger partial charge in [0.15, 0.2) is 5.75 Å². The molecule has 0 saturated carbocycles. The van der Waals surface area contributed by atoms with Crippen LogP contribution in [-0.2, 0) is 31.5 Å². The monoisotopic (exact) mass is 1020 g/mol. The van der Waals surface area contributed by atoms with Gasteiger partial charge in [0.25, 0.3) is 10.1 Å². The summed E-state index contributed by atoms with van der Waals surface area (Å²) in [5, 5.41) is 1.51. The number of fused-ring (bicyclic) bond motifs is 2. The van der Waals surface area contributed by atoms with E-state index in [9.17, 15) is 30.6 Å². The molecule has 2 N–H and O–H groups in total. The maximum Gasteiger partial charge on any atom is 0.295 e. The average Bonchev–Trinajstić information content (AvgIpc) is 3.37. The SMILES string of the molecule is CCN(CC)c1ccc2c(-c3ccc(S(=O)(=O)NCCCCCCOc4ccc(OC)cc4CN(C(C)=O)c4cc(F)ccc4Oc4ccccc4)cc3S(=O)(=O)O)c3ccc(=[N+](CC)CC)cc-3oc2c1. The molecule has 380 valence electrons. The Labute approximate surface area is 421 Å². The van der Waals surface area contributed by atoms with Crippen LogP contribution in [0.1, 0.15) is 65.9 Å². The van der Waals surface area contributed by atoms with Crippen LogP contribution in [0.5, 0.6) is 23.0 Å². The highest BCUT2D eigenvalue weighted by Gasteiger charge is 2.28. The van der Waals surface area contributed by atoms with E-state index in [-0.39, 0.29) is 35.1 Å². The number of carbonyl (C=O) groups is 1. The normalized spacial score (nSPS) is 11.7. The van der Waals surface area contributed by atoms with E-state index in [1.54, 1.807) is 30.3 Å². The molecule has 72 heavy (non-hydrogen) atoms. The highest BCUT2D eigenvalue weighted by atomic mass is 32.2. The molecule has 0 aromatic heterocycles. The van der Waals surface area contributed by atoms with Crippen molar-refractivity contribution < 1.29 is 49.2 Å². The summed E-state index contributed by atoms with van der Waals surface area (Å²) in [5.74, 6) is 1.47. The van der Waals surface area contributed by atoms with Gasteiger partial charge in [0.05, 0.1) is 36.9 Å². The standard InChI is InChI=1S/C55H61FN4O10S2/c1-7-58(8-2)41-21-25-46-52(34-41)70-53-35-42(59(9-3)10-4)22-26-47(53)55(46)48-27-24-45(36-54(48)72(64,65)66)71(62,63)57-30-16-11-12-17-31-68-50-29-23-44(67-6)32-39(50)37-60(38(5)61)49-33-40(56)20-28-51(49)69-43-18-14-13-15-19-43/h13-15,18-29,32-36,57H,7-12,16-17,30-31,37H2,1-6H3/p+1. The minimum Gasteiger partial charge on any atom is -0.497 e. The maximum atomic E-state index is 14.7. The summed E-state index contributed by atoms with van der Waals surface area (Å²) >= 11 is 0. The lowest BCUT2D eigenvalue weighted by Gasteiger charge is -2.25. The molecule has 1 aliphatic carbocycles. The molecule has 0 unspecified atom stereocenters. The van der Waals surface area contributed by atoms with Gasteiger partial charge >= 0.3 is 0 Å². The third-order valence-corrected chi connectivity index (χ3v) is 14.9. The number of carbonyl (C=O) groups excluding carboxylic acids is 1. The number of benzene rings is 6. The first-order valence-electron chi connectivity index (χ1n) is 24.1. The van der Waals surface area contributed by atoms with E-state index in [1.807, 2.05) is 54.6 Å². The summed E-state index contributed by atoms with van der Waals surface area (Å²) in [6, 6.07) is 33.4. The molecule has 1 aliphatic heterocycles. The molecular formula is C55H62FN4O10S2+. The molecule has 0 fully saturated rings. The molecule has 0 saturated heterocycles. The molecule has 14 nitrogen and oxygen atoms in total. The Morgan fingerprint density at radius 2 is 1.49 bits per heavy atom. The molecule has 1 heterocycles. The highest BCUT2D eigenvalue weighted by Crippen LogP contribution is 2.44. The molecule has 0 spiro atoms. The average molecular weight is 1020 g/mol. The summed E-state index contributed by atoms with van der Waals surface area (Å²) < 4.78 is 108. The van der Waals surface area contributed by atoms with Crippen molar-refractivity contribution >= 4 is 48.4 Å². The highest BCUT2D eigenvalue weighted by molar-refractivity contribution is 7.89. The lowest BCUT2D eigenvalue weighted by atomic mass is 9.93. The second-order valence-electron chi connectivity index (χ2n) is 17.1. The number of unbranched alkanes of at least 4 members (excludes halogenated alkanes) is 3. The van der Waals surface area contributed by atoms with E-state index in [0.29, 0.717) is 88.7 Å². The van der Waals surface area contributed by atoms with Crippen molar-refractivity contribution in [3.05, 3.63) is 138 Å². The van der Waals surface area contributed by atoms with Crippen LogP contribution in [0, 0.1) is 5.82 Å². The zero-order valence-corrected chi connectivity index (χ0v) is 43.1. The van der Waals surface area contributed by atoms with Crippen molar-refractivity contribution in [2.45, 2.75) is 76.6 Å². The molecule has 0 bridgehead atoms. The van der Waals surface area contributed by atoms with Crippen LogP contribution >= 0.6 is 0 Å². The minimum absolute atomic E-state index is 0.0251. The topological polar surface area (TPSA) is 168 Å². The maximum absolute atomic E-state index is 14.7. The van der Waals surface area contributed by atoms with E-state index in [1.165, 1.54) is 49.3 Å². The predicted octanol–water partition coefficient (Wildman–Crippen LogP) is 10.5. The van der Waals surface area contributed by atoms with Crippen LogP contribution in [0.3, 0.4) is 0 Å². The van der Waals surface area contributed by atoms with E-state index >= 15 is 0 Å². The number of nitrogens with zero attached hydrogens (tertiary/aromatic N) is 3. The molecule has 0 atom stereocenters. The number of hydrogen-bond donors (Lipinski definition) is 2. The Hall–Kier alpha value is -6.79. The number of hydrogen-bond acceptors (Lipinski definition) is 10. The number of rotatable bonds is 23. The van der Waals surface area contributed by atoms with Crippen LogP contribution < -0.4 is 38.7 Å². The van der Waals surface area contributed by atoms with Crippen molar-refractivity contribution in [1.82, 2.24) is 9.30 Å². The molecule has 1 amide bonds. The Bertz CT molecular complexity index is 3300. The van der Waals surface area contributed by atoms with Crippen molar-refractivity contribution in [2.24, 2.45) is 0 Å². The smallest absolute Gasteiger partial charge is 0.295 e. The Balaban J connectivity index is 1.03. The summed E-state index contributed by atoms with van der Waals surface area (Å²) in [7, 11) is -7.64. The first kappa shape index (κ1) is 53.0. The first-order chi connectivity index (χ1) is 34.6. The summed E-state index contributed by atoms with van der Waals surface area (Å²) in [6.45, 7) is 13.1. The number of para-hydroxylation sites is 1. The van der Waals surface area contributed by atoms with Crippen LogP contribution in [0.4, 0.5) is 15.8 Å². The third-order valence-electron chi connectivity index (χ3n) is 12.5. The Morgan fingerprint density at radius 3 is 2.18 bits per heavy atom. The zero-order valence-electron chi connectivity index (χ0n) is 41.5. The second-order valence-corrected chi connectivity index (χ2v) is 20.2. The van der Waals surface area contributed by atoms with E-state index < -0.39 is 30.9 Å². The van der Waals surface area contributed by atoms with E-state index in [4.69, 9.17) is 18.6 Å². The van der Waals surface area contributed by atoms with Gasteiger partial charge < -0.3 is 28.4 Å². The Morgan fingerprint density at radius 1 is 0.764 bits per heavy atom. The van der Waals surface area contributed by atoms with Crippen molar-refractivity contribution in [2.75, 3.05) is 56.2 Å². The molecule has 5 aromatic carbocycles. The molecule has 17 heteroatoms. The van der Waals surface area contributed by atoms with Gasteiger partial charge in [-0.15, -0.1) is 0 Å². The largest absolute Gasteiger partial charge is 0.497 e. The van der Waals surface area contributed by atoms with Gasteiger partial charge in [-0.05, 0) is 113 Å². The number of amides is 1. The number of ether oxygens (including phenoxy) is 3. The molecule has 0 radical (unpaired) electrons. The molecular weight excluding hydrogens is 960 g/mol. The molecule has 5 aromatic rings. The summed E-state index contributed by atoms with van der Waals surface area (Å²) in [4.78, 5) is 15.8. The van der Waals surface area contributed by atoms with Crippen molar-refractivity contribution in [1.29, 1.82) is 0 Å². The Kier molecular flexibility index (Phi) is 17.4. The van der Waals surface area contributed by atoms with Gasteiger partial charge in [-0.2, -0.15) is 8.42 Å². The number of anilines is 2. The van der Waals surface area contributed by atoms with Crippen LogP contribution in [0.15, 0.2) is 136 Å². The summed E-state index contributed by atoms with van der Waals surface area (Å²) in [6.07, 6.45) is 2.43. The number of nitrogens with one attached hydrogen (secondary N) is 1. The summed E-state index contributed by atoms with van der Waals surface area (Å²) in [5.41, 5.74) is 3.47. The van der Waals surface area contributed by atoms with Gasteiger partial charge in [-0.1, -0.05) is 37.1 Å². The van der Waals surface area contributed by atoms with Crippen molar-refractivity contribution in [3.63, 3.8) is 0 Å². The minimum atomic E-state index is -4.96. The number of methoxy groups -OCH3 is 1. The van der Waals surface area contributed by atoms with E-state index in [0.717, 1.165) is 43.3 Å². The zero-order chi connectivity index (χ0) is 51.6. The van der Waals surface area contributed by atoms with Crippen LogP contribution in [-0.4, -0.2) is 73.7 Å². The number of halogens is 1. The molecule has 2 aliphatic rings. The van der Waals surface area contributed by atoms with E-state index in [2.05, 4.69) is 41.9 Å². The number of sulfonamides is 1. The van der Waals surface area contributed by atoms with Gasteiger partial charge in [0.2, 0.25) is 21.3 Å². The fraction of sp³-hybridized carbons (Fsp3) is 0.309. The van der Waals surface area contributed by atoms with Gasteiger partial charge in [0.1, 0.15) is 52.4 Å². The first-order valence-corrected chi connectivity index (χ1v) is 27.1. The van der Waals surface area contributed by atoms with Gasteiger partial charge in [-0.3, -0.25) is 9.35 Å². The second kappa shape index (κ2) is 23.6. The van der Waals surface area contributed by atoms with Crippen LogP contribution in [0.2, 0.25) is 0 Å². The quantitative estimate of drug-likeness (QED) is 0.0271. The van der Waals surface area contributed by atoms with Crippen molar-refractivity contribution in [3.8, 4) is 45.4 Å². The fourth-order valence-electron chi connectivity index (χ4n) is 8.76. The van der Waals surface area contributed by atoms with Gasteiger partial charge in [0, 0.05) is 78.1 Å². The van der Waals surface area contributed by atoms with Crippen LogP contribution in [0.25, 0.3) is 33.4 Å². The fourth-order valence-corrected chi connectivity index (χ4v) is 10.7.